The molecular weight excluding hydrogens is 272 g/mol. The maximum Gasteiger partial charge on any atom is 0.151 e. The summed E-state index contributed by atoms with van der Waals surface area (Å²) in [6.07, 6.45) is 2.61. The highest BCUT2D eigenvalue weighted by atomic mass is 32.2. The smallest absolute Gasteiger partial charge is 0.151 e. The molecule has 1 aromatic carbocycles. The van der Waals surface area contributed by atoms with Crippen molar-refractivity contribution in [2.75, 3.05) is 6.54 Å². The fraction of sp³-hybridized carbons (Fsp3) is 0.533. The summed E-state index contributed by atoms with van der Waals surface area (Å²) in [5.41, 5.74) is 1.14. The normalized spacial score (nSPS) is 27.2. The van der Waals surface area contributed by atoms with E-state index in [1.807, 2.05) is 23.1 Å². The van der Waals surface area contributed by atoms with Crippen molar-refractivity contribution in [2.45, 2.75) is 42.3 Å². The van der Waals surface area contributed by atoms with Crippen molar-refractivity contribution in [3.8, 4) is 0 Å². The fourth-order valence-corrected chi connectivity index (χ4v) is 5.47. The van der Waals surface area contributed by atoms with Crippen LogP contribution < -0.4 is 5.32 Å². The first kappa shape index (κ1) is 13.4. The molecule has 1 fully saturated rings. The third-order valence-corrected chi connectivity index (χ3v) is 6.61. The maximum atomic E-state index is 4.74. The topological polar surface area (TPSA) is 24.9 Å². The molecule has 1 aliphatic rings. The summed E-state index contributed by atoms with van der Waals surface area (Å²) in [4.78, 5) is 4.74. The Labute approximate surface area is 123 Å². The molecule has 0 bridgehead atoms. The van der Waals surface area contributed by atoms with E-state index in [1.54, 1.807) is 0 Å². The fourth-order valence-electron chi connectivity index (χ4n) is 2.88. The van der Waals surface area contributed by atoms with E-state index >= 15 is 0 Å². The summed E-state index contributed by atoms with van der Waals surface area (Å²) < 4.78 is 2.54. The number of fused-ring (bicyclic) bond motifs is 1. The van der Waals surface area contributed by atoms with Crippen molar-refractivity contribution in [3.05, 3.63) is 24.3 Å². The van der Waals surface area contributed by atoms with Gasteiger partial charge in [-0.3, -0.25) is 0 Å². The number of nitrogens with one attached hydrogen (secondary N) is 1. The highest BCUT2D eigenvalue weighted by Crippen LogP contribution is 2.41. The quantitative estimate of drug-likeness (QED) is 0.915. The Morgan fingerprint density at radius 2 is 2.21 bits per heavy atom. The van der Waals surface area contributed by atoms with Crippen LogP contribution in [-0.2, 0) is 0 Å². The van der Waals surface area contributed by atoms with E-state index in [1.165, 1.54) is 21.9 Å². The lowest BCUT2D eigenvalue weighted by Gasteiger charge is -2.20. The summed E-state index contributed by atoms with van der Waals surface area (Å²) in [6, 6.07) is 9.12. The predicted octanol–water partition coefficient (Wildman–Crippen LogP) is 4.17. The first-order valence-corrected chi connectivity index (χ1v) is 8.73. The zero-order valence-corrected chi connectivity index (χ0v) is 13.1. The van der Waals surface area contributed by atoms with Gasteiger partial charge in [0, 0.05) is 11.3 Å². The molecule has 0 saturated heterocycles. The Kier molecular flexibility index (Phi) is 4.10. The van der Waals surface area contributed by atoms with Gasteiger partial charge in [0.05, 0.1) is 10.2 Å². The van der Waals surface area contributed by atoms with Crippen LogP contribution in [0.15, 0.2) is 28.6 Å². The SMILES string of the molecule is CCNC1CCC(Sc2nc3ccccc3s2)C1C. The number of hydrogen-bond donors (Lipinski definition) is 1. The van der Waals surface area contributed by atoms with Gasteiger partial charge < -0.3 is 5.32 Å². The molecule has 1 heterocycles. The summed E-state index contributed by atoms with van der Waals surface area (Å²) in [5, 5.41) is 4.32. The number of para-hydroxylation sites is 1. The standard InChI is InChI=1S/C15H20N2S2/c1-3-16-11-8-9-13(10(11)2)18-15-17-12-6-4-5-7-14(12)19-15/h4-7,10-11,13,16H,3,8-9H2,1-2H3. The van der Waals surface area contributed by atoms with Gasteiger partial charge in [-0.05, 0) is 37.4 Å². The van der Waals surface area contributed by atoms with Gasteiger partial charge in [-0.1, -0.05) is 37.7 Å². The zero-order chi connectivity index (χ0) is 13.2. The second kappa shape index (κ2) is 5.81. The van der Waals surface area contributed by atoms with Gasteiger partial charge in [0.2, 0.25) is 0 Å². The van der Waals surface area contributed by atoms with Crippen LogP contribution in [0.4, 0.5) is 0 Å². The monoisotopic (exact) mass is 292 g/mol. The summed E-state index contributed by atoms with van der Waals surface area (Å²) in [7, 11) is 0. The molecule has 19 heavy (non-hydrogen) atoms. The van der Waals surface area contributed by atoms with Gasteiger partial charge >= 0.3 is 0 Å². The number of hydrogen-bond acceptors (Lipinski definition) is 4. The van der Waals surface area contributed by atoms with Crippen molar-refractivity contribution in [1.29, 1.82) is 0 Å². The number of thiazole rings is 1. The molecule has 3 unspecified atom stereocenters. The Balaban J connectivity index is 1.71. The van der Waals surface area contributed by atoms with Gasteiger partial charge in [-0.15, -0.1) is 11.3 Å². The summed E-state index contributed by atoms with van der Waals surface area (Å²) in [5.74, 6) is 0.733. The second-order valence-corrected chi connectivity index (χ2v) is 7.72. The van der Waals surface area contributed by atoms with Crippen molar-refractivity contribution in [2.24, 2.45) is 5.92 Å². The first-order valence-electron chi connectivity index (χ1n) is 7.03. The molecule has 3 rings (SSSR count). The van der Waals surface area contributed by atoms with Crippen LogP contribution in [0, 0.1) is 5.92 Å². The Hall–Kier alpha value is -0.580. The number of nitrogens with zero attached hydrogens (tertiary/aromatic N) is 1. The number of aromatic nitrogens is 1. The lowest BCUT2D eigenvalue weighted by molar-refractivity contribution is 0.441. The molecule has 0 amide bonds. The van der Waals surface area contributed by atoms with E-state index in [0.29, 0.717) is 11.3 Å². The molecule has 0 radical (unpaired) electrons. The van der Waals surface area contributed by atoms with E-state index in [-0.39, 0.29) is 0 Å². The van der Waals surface area contributed by atoms with E-state index in [0.717, 1.165) is 18.0 Å². The molecule has 1 aromatic heterocycles. The third kappa shape index (κ3) is 2.81. The summed E-state index contributed by atoms with van der Waals surface area (Å²) >= 11 is 3.81. The van der Waals surface area contributed by atoms with Gasteiger partial charge in [0.25, 0.3) is 0 Å². The first-order chi connectivity index (χ1) is 9.28. The van der Waals surface area contributed by atoms with E-state index in [9.17, 15) is 0 Å². The molecule has 3 atom stereocenters. The van der Waals surface area contributed by atoms with Gasteiger partial charge in [0.1, 0.15) is 0 Å². The maximum absolute atomic E-state index is 4.74. The average Bonchev–Trinajstić information content (AvgIpc) is 2.96. The molecule has 0 spiro atoms. The van der Waals surface area contributed by atoms with E-state index < -0.39 is 0 Å². The predicted molar refractivity (Wildman–Crippen MR) is 85.1 cm³/mol. The Morgan fingerprint density at radius 1 is 1.37 bits per heavy atom. The van der Waals surface area contributed by atoms with Crippen LogP contribution in [-0.4, -0.2) is 22.8 Å². The van der Waals surface area contributed by atoms with Crippen LogP contribution >= 0.6 is 23.1 Å². The van der Waals surface area contributed by atoms with Crippen LogP contribution in [0.25, 0.3) is 10.2 Å². The minimum absolute atomic E-state index is 0.692. The molecular formula is C15H20N2S2. The summed E-state index contributed by atoms with van der Waals surface area (Å²) in [6.45, 7) is 5.65. The molecule has 2 aromatic rings. The zero-order valence-electron chi connectivity index (χ0n) is 11.4. The van der Waals surface area contributed by atoms with Crippen LogP contribution in [0.5, 0.6) is 0 Å². The van der Waals surface area contributed by atoms with Crippen LogP contribution in [0.3, 0.4) is 0 Å². The number of benzene rings is 1. The minimum atomic E-state index is 0.692. The van der Waals surface area contributed by atoms with Crippen LogP contribution in [0.2, 0.25) is 0 Å². The number of rotatable bonds is 4. The van der Waals surface area contributed by atoms with Gasteiger partial charge in [-0.25, -0.2) is 4.98 Å². The van der Waals surface area contributed by atoms with Crippen molar-refractivity contribution < 1.29 is 0 Å². The lowest BCUT2D eigenvalue weighted by Crippen LogP contribution is -2.32. The molecule has 102 valence electrons. The Bertz CT molecular complexity index is 519. The molecule has 1 saturated carbocycles. The molecule has 2 nitrogen and oxygen atoms in total. The van der Waals surface area contributed by atoms with Gasteiger partial charge in [-0.2, -0.15) is 0 Å². The highest BCUT2D eigenvalue weighted by Gasteiger charge is 2.33. The van der Waals surface area contributed by atoms with Crippen LogP contribution in [0.1, 0.15) is 26.7 Å². The van der Waals surface area contributed by atoms with E-state index in [2.05, 4.69) is 43.4 Å². The largest absolute Gasteiger partial charge is 0.314 e. The van der Waals surface area contributed by atoms with Gasteiger partial charge in [0.15, 0.2) is 4.34 Å². The van der Waals surface area contributed by atoms with E-state index in [4.69, 9.17) is 4.98 Å². The highest BCUT2D eigenvalue weighted by molar-refractivity contribution is 8.01. The van der Waals surface area contributed by atoms with Crippen molar-refractivity contribution >= 4 is 33.3 Å². The molecule has 0 aliphatic heterocycles. The lowest BCUT2D eigenvalue weighted by atomic mass is 10.1. The third-order valence-electron chi connectivity index (χ3n) is 3.98. The second-order valence-electron chi connectivity index (χ2n) is 5.20. The minimum Gasteiger partial charge on any atom is -0.314 e. The van der Waals surface area contributed by atoms with Crippen molar-refractivity contribution in [3.63, 3.8) is 0 Å². The Morgan fingerprint density at radius 3 is 3.00 bits per heavy atom. The number of thioether (sulfide) groups is 1. The molecule has 1 N–H and O–H groups in total. The average molecular weight is 292 g/mol. The molecule has 4 heteroatoms. The van der Waals surface area contributed by atoms with Crippen molar-refractivity contribution in [1.82, 2.24) is 10.3 Å². The molecule has 1 aliphatic carbocycles.